The quantitative estimate of drug-likeness (QED) is 0.799. The topological polar surface area (TPSA) is 49.9 Å². The largest absolute Gasteiger partial charge is 0.496 e. The van der Waals surface area contributed by atoms with Crippen LogP contribution < -0.4 is 4.74 Å². The first-order chi connectivity index (χ1) is 13.9. The van der Waals surface area contributed by atoms with Crippen LogP contribution in [0, 0.1) is 24.6 Å². The Morgan fingerprint density at radius 3 is 2.55 bits per heavy atom. The summed E-state index contributed by atoms with van der Waals surface area (Å²) in [7, 11) is 1.61. The first kappa shape index (κ1) is 19.4. The van der Waals surface area contributed by atoms with Crippen LogP contribution in [0.25, 0.3) is 0 Å². The van der Waals surface area contributed by atoms with Crippen LogP contribution >= 0.6 is 0 Å². The smallest absolute Gasteiger partial charge is 0.253 e. The van der Waals surface area contributed by atoms with E-state index in [1.807, 2.05) is 34.9 Å². The molecule has 0 radical (unpaired) electrons. The molecule has 2 heterocycles. The van der Waals surface area contributed by atoms with Crippen molar-refractivity contribution in [3.63, 3.8) is 0 Å². The number of carbonyl (C=O) groups is 2. The van der Waals surface area contributed by atoms with Gasteiger partial charge in [-0.1, -0.05) is 12.1 Å². The average Bonchev–Trinajstić information content (AvgIpc) is 3.25. The van der Waals surface area contributed by atoms with Crippen LogP contribution in [0.3, 0.4) is 0 Å². The van der Waals surface area contributed by atoms with Crippen molar-refractivity contribution in [2.24, 2.45) is 11.8 Å². The third kappa shape index (κ3) is 3.48. The lowest BCUT2D eigenvalue weighted by atomic mass is 9.89. The molecule has 0 aromatic heterocycles. The van der Waals surface area contributed by atoms with Crippen LogP contribution in [0.15, 0.2) is 42.5 Å². The van der Waals surface area contributed by atoms with Gasteiger partial charge in [-0.2, -0.15) is 0 Å². The van der Waals surface area contributed by atoms with Crippen molar-refractivity contribution in [3.05, 3.63) is 65.0 Å². The zero-order chi connectivity index (χ0) is 20.7. The molecule has 0 aliphatic carbocycles. The summed E-state index contributed by atoms with van der Waals surface area (Å²) in [5, 5.41) is 0. The van der Waals surface area contributed by atoms with Crippen LogP contribution in [0.5, 0.6) is 5.75 Å². The summed E-state index contributed by atoms with van der Waals surface area (Å²) in [6.45, 7) is 5.21. The van der Waals surface area contributed by atoms with E-state index in [1.54, 1.807) is 26.2 Å². The maximum absolute atomic E-state index is 13.8. The fourth-order valence-corrected chi connectivity index (χ4v) is 4.85. The predicted octanol–water partition coefficient (Wildman–Crippen LogP) is 3.43. The molecule has 2 amide bonds. The van der Waals surface area contributed by atoms with Crippen molar-refractivity contribution in [3.8, 4) is 5.75 Å². The molecule has 0 N–H and O–H groups in total. The number of hydrogen-bond acceptors (Lipinski definition) is 3. The lowest BCUT2D eigenvalue weighted by Gasteiger charge is -2.29. The fraction of sp³-hybridized carbons (Fsp3) is 0.391. The Morgan fingerprint density at radius 1 is 1.10 bits per heavy atom. The molecule has 0 bridgehead atoms. The van der Waals surface area contributed by atoms with Crippen molar-refractivity contribution >= 4 is 11.8 Å². The van der Waals surface area contributed by atoms with Gasteiger partial charge in [-0.15, -0.1) is 0 Å². The summed E-state index contributed by atoms with van der Waals surface area (Å²) >= 11 is 0. The number of carbonyl (C=O) groups excluding carboxylic acids is 2. The lowest BCUT2D eigenvalue weighted by molar-refractivity contribution is -0.130. The molecule has 0 spiro atoms. The zero-order valence-corrected chi connectivity index (χ0v) is 16.9. The van der Waals surface area contributed by atoms with Crippen LogP contribution in [0.1, 0.15) is 34.5 Å². The summed E-state index contributed by atoms with van der Waals surface area (Å²) in [4.78, 5) is 29.0. The minimum atomic E-state index is -0.311. The number of methoxy groups -OCH3 is 1. The fourth-order valence-electron chi connectivity index (χ4n) is 4.85. The molecular weight excluding hydrogens is 371 g/mol. The number of fused-ring (bicyclic) bond motifs is 1. The zero-order valence-electron chi connectivity index (χ0n) is 16.9. The van der Waals surface area contributed by atoms with Crippen molar-refractivity contribution < 1.29 is 18.7 Å². The van der Waals surface area contributed by atoms with E-state index in [9.17, 15) is 14.0 Å². The number of hydrogen-bond donors (Lipinski definition) is 0. The van der Waals surface area contributed by atoms with Gasteiger partial charge >= 0.3 is 0 Å². The number of amides is 2. The number of halogens is 1. The highest BCUT2D eigenvalue weighted by molar-refractivity contribution is 5.95. The predicted molar refractivity (Wildman–Crippen MR) is 107 cm³/mol. The Hall–Kier alpha value is -2.89. The second kappa shape index (κ2) is 7.50. The van der Waals surface area contributed by atoms with Gasteiger partial charge in [0.1, 0.15) is 11.6 Å². The molecule has 29 heavy (non-hydrogen) atoms. The van der Waals surface area contributed by atoms with Gasteiger partial charge in [0.05, 0.1) is 13.2 Å². The van der Waals surface area contributed by atoms with Crippen molar-refractivity contribution in [1.82, 2.24) is 9.80 Å². The number of aryl methyl sites for hydroxylation is 1. The van der Waals surface area contributed by atoms with E-state index in [0.29, 0.717) is 25.2 Å². The highest BCUT2D eigenvalue weighted by Crippen LogP contribution is 2.45. The molecule has 152 valence electrons. The summed E-state index contributed by atoms with van der Waals surface area (Å²) in [6, 6.07) is 11.7. The second-order valence-electron chi connectivity index (χ2n) is 7.99. The van der Waals surface area contributed by atoms with Gasteiger partial charge in [0, 0.05) is 44.0 Å². The Bertz CT molecular complexity index is 961. The highest BCUT2D eigenvalue weighted by Gasteiger charge is 2.49. The third-order valence-corrected chi connectivity index (χ3v) is 6.19. The Balaban J connectivity index is 1.58. The third-order valence-electron chi connectivity index (χ3n) is 6.19. The Kier molecular flexibility index (Phi) is 5.03. The summed E-state index contributed by atoms with van der Waals surface area (Å²) < 4.78 is 19.1. The minimum absolute atomic E-state index is 0.0162. The van der Waals surface area contributed by atoms with E-state index in [1.165, 1.54) is 12.1 Å². The van der Waals surface area contributed by atoms with Crippen LogP contribution in [0.2, 0.25) is 0 Å². The van der Waals surface area contributed by atoms with E-state index in [4.69, 9.17) is 4.74 Å². The van der Waals surface area contributed by atoms with E-state index in [0.717, 1.165) is 16.9 Å². The molecule has 2 fully saturated rings. The maximum atomic E-state index is 13.8. The van der Waals surface area contributed by atoms with Crippen molar-refractivity contribution in [2.45, 2.75) is 19.9 Å². The molecular formula is C23H25FN2O3. The Morgan fingerprint density at radius 2 is 1.90 bits per heavy atom. The maximum Gasteiger partial charge on any atom is 0.253 e. The summed E-state index contributed by atoms with van der Waals surface area (Å²) in [5.74, 6) is 0.700. The average molecular weight is 396 g/mol. The molecule has 5 nitrogen and oxygen atoms in total. The molecule has 0 saturated carbocycles. The van der Waals surface area contributed by atoms with E-state index in [2.05, 4.69) is 0 Å². The van der Waals surface area contributed by atoms with Gasteiger partial charge in [-0.05, 0) is 48.4 Å². The van der Waals surface area contributed by atoms with Gasteiger partial charge in [0.25, 0.3) is 5.91 Å². The first-order valence-corrected chi connectivity index (χ1v) is 9.85. The summed E-state index contributed by atoms with van der Waals surface area (Å²) in [5.41, 5.74) is 2.34. The molecule has 6 heteroatoms. The Labute approximate surface area is 170 Å². The minimum Gasteiger partial charge on any atom is -0.496 e. The number of nitrogens with zero attached hydrogens (tertiary/aromatic N) is 2. The molecule has 2 aromatic carbocycles. The molecule has 2 aliphatic heterocycles. The number of rotatable bonds is 3. The molecule has 4 rings (SSSR count). The van der Waals surface area contributed by atoms with Gasteiger partial charge in [0.15, 0.2) is 0 Å². The van der Waals surface area contributed by atoms with E-state index < -0.39 is 0 Å². The van der Waals surface area contributed by atoms with Gasteiger partial charge < -0.3 is 14.5 Å². The normalized spacial score (nSPS) is 23.2. The molecule has 0 unspecified atom stereocenters. The first-order valence-electron chi connectivity index (χ1n) is 9.85. The molecule has 2 aliphatic rings. The van der Waals surface area contributed by atoms with Crippen molar-refractivity contribution in [1.29, 1.82) is 0 Å². The monoisotopic (exact) mass is 396 g/mol. The molecule has 2 aromatic rings. The van der Waals surface area contributed by atoms with Crippen molar-refractivity contribution in [2.75, 3.05) is 26.7 Å². The van der Waals surface area contributed by atoms with E-state index in [-0.39, 0.29) is 35.5 Å². The SMILES string of the molecule is COc1ccc(C(=O)N2C[C@@H]3CN(C(C)=O)[C@@H](c4cccc(F)c4)[C@@H]3C2)cc1C. The van der Waals surface area contributed by atoms with Crippen LogP contribution in [-0.4, -0.2) is 48.4 Å². The van der Waals surface area contributed by atoms with Crippen LogP contribution in [-0.2, 0) is 4.79 Å². The highest BCUT2D eigenvalue weighted by atomic mass is 19.1. The summed E-state index contributed by atoms with van der Waals surface area (Å²) in [6.07, 6.45) is 0. The number of ether oxygens (including phenoxy) is 1. The number of likely N-dealkylation sites (tertiary alicyclic amines) is 2. The van der Waals surface area contributed by atoms with Gasteiger partial charge in [-0.25, -0.2) is 4.39 Å². The van der Waals surface area contributed by atoms with E-state index >= 15 is 0 Å². The standard InChI is InChI=1S/C23H25FN2O3/c1-14-9-17(7-8-21(14)29-3)23(28)25-11-18-12-26(15(2)27)22(20(18)13-25)16-5-4-6-19(24)10-16/h4-10,18,20,22H,11-13H2,1-3H3/t18-,20-,22+/m1/s1. The van der Waals surface area contributed by atoms with Crippen LogP contribution in [0.4, 0.5) is 4.39 Å². The lowest BCUT2D eigenvalue weighted by Crippen LogP contribution is -2.36. The van der Waals surface area contributed by atoms with Gasteiger partial charge in [-0.3, -0.25) is 9.59 Å². The van der Waals surface area contributed by atoms with Gasteiger partial charge in [0.2, 0.25) is 5.91 Å². The second-order valence-corrected chi connectivity index (χ2v) is 7.99. The number of benzene rings is 2. The molecule has 3 atom stereocenters. The molecule has 2 saturated heterocycles.